The topological polar surface area (TPSA) is 140 Å². The predicted molar refractivity (Wildman–Crippen MR) is 109 cm³/mol. The number of aromatic nitrogens is 2. The normalized spacial score (nSPS) is 20.8. The van der Waals surface area contributed by atoms with Gasteiger partial charge in [0.15, 0.2) is 9.84 Å². The molecule has 0 aliphatic carbocycles. The van der Waals surface area contributed by atoms with E-state index in [1.54, 1.807) is 0 Å². The molecule has 164 valence electrons. The van der Waals surface area contributed by atoms with Crippen LogP contribution in [0.4, 0.5) is 6.01 Å². The molecule has 1 N–H and O–H groups in total. The summed E-state index contributed by atoms with van der Waals surface area (Å²) in [5.74, 6) is -0.588. The molecule has 2 unspecified atom stereocenters. The fourth-order valence-corrected chi connectivity index (χ4v) is 5.73. The van der Waals surface area contributed by atoms with E-state index in [9.17, 15) is 21.6 Å². The SMILES string of the molecule is CC1CC(C)CN(S(=O)(=O)c2ccc(C(=O)Nc3nnc(CS(C)(=O)=O)o3)cc2)C1. The summed E-state index contributed by atoms with van der Waals surface area (Å²) in [7, 11) is -6.99. The summed E-state index contributed by atoms with van der Waals surface area (Å²) >= 11 is 0. The van der Waals surface area contributed by atoms with E-state index in [4.69, 9.17) is 4.42 Å². The van der Waals surface area contributed by atoms with E-state index in [1.165, 1.54) is 28.6 Å². The Morgan fingerprint density at radius 3 is 2.27 bits per heavy atom. The third kappa shape index (κ3) is 5.43. The summed E-state index contributed by atoms with van der Waals surface area (Å²) in [6.45, 7) is 5.01. The summed E-state index contributed by atoms with van der Waals surface area (Å²) in [4.78, 5) is 12.5. The molecule has 1 aliphatic heterocycles. The van der Waals surface area contributed by atoms with Crippen molar-refractivity contribution in [3.63, 3.8) is 0 Å². The zero-order valence-electron chi connectivity index (χ0n) is 16.9. The molecule has 0 spiro atoms. The van der Waals surface area contributed by atoms with Crippen LogP contribution >= 0.6 is 0 Å². The van der Waals surface area contributed by atoms with Gasteiger partial charge in [-0.25, -0.2) is 16.8 Å². The second-order valence-corrected chi connectivity index (χ2v) is 11.9. The molecule has 1 fully saturated rings. The Bertz CT molecular complexity index is 1120. The van der Waals surface area contributed by atoms with Crippen molar-refractivity contribution in [2.45, 2.75) is 30.9 Å². The van der Waals surface area contributed by atoms with Crippen LogP contribution in [0.2, 0.25) is 0 Å². The number of carbonyl (C=O) groups is 1. The molecular formula is C18H24N4O6S2. The Hall–Kier alpha value is -2.31. The summed E-state index contributed by atoms with van der Waals surface area (Å²) in [6.07, 6.45) is 2.02. The van der Waals surface area contributed by atoms with E-state index in [0.717, 1.165) is 12.7 Å². The van der Waals surface area contributed by atoms with Crippen LogP contribution in [0.15, 0.2) is 33.6 Å². The van der Waals surface area contributed by atoms with E-state index in [2.05, 4.69) is 15.5 Å². The fourth-order valence-electron chi connectivity index (χ4n) is 3.49. The zero-order chi connectivity index (χ0) is 22.1. The number of rotatable bonds is 6. The molecule has 0 saturated carbocycles. The first kappa shape index (κ1) is 22.4. The number of sulfonamides is 1. The maximum absolute atomic E-state index is 12.9. The Kier molecular flexibility index (Phi) is 6.29. The lowest BCUT2D eigenvalue weighted by atomic mass is 9.94. The zero-order valence-corrected chi connectivity index (χ0v) is 18.5. The first-order valence-corrected chi connectivity index (χ1v) is 12.9. The Balaban J connectivity index is 1.70. The van der Waals surface area contributed by atoms with E-state index >= 15 is 0 Å². The largest absolute Gasteiger partial charge is 0.407 e. The van der Waals surface area contributed by atoms with Gasteiger partial charge in [-0.1, -0.05) is 18.9 Å². The average Bonchev–Trinajstić information content (AvgIpc) is 3.05. The first-order chi connectivity index (χ1) is 13.9. The number of sulfone groups is 1. The minimum absolute atomic E-state index is 0.119. The molecule has 1 aromatic heterocycles. The van der Waals surface area contributed by atoms with Crippen molar-refractivity contribution >= 4 is 31.8 Å². The Morgan fingerprint density at radius 2 is 1.70 bits per heavy atom. The Morgan fingerprint density at radius 1 is 1.10 bits per heavy atom. The molecule has 12 heteroatoms. The van der Waals surface area contributed by atoms with Gasteiger partial charge in [0.1, 0.15) is 5.75 Å². The molecule has 2 heterocycles. The number of piperidine rings is 1. The molecule has 1 aliphatic rings. The van der Waals surface area contributed by atoms with Crippen molar-refractivity contribution in [1.82, 2.24) is 14.5 Å². The van der Waals surface area contributed by atoms with Crippen LogP contribution in [0, 0.1) is 11.8 Å². The van der Waals surface area contributed by atoms with Crippen molar-refractivity contribution < 1.29 is 26.0 Å². The quantitative estimate of drug-likeness (QED) is 0.690. The number of hydrogen-bond acceptors (Lipinski definition) is 8. The van der Waals surface area contributed by atoms with Gasteiger partial charge in [-0.3, -0.25) is 10.1 Å². The maximum Gasteiger partial charge on any atom is 0.322 e. The fraction of sp³-hybridized carbons (Fsp3) is 0.500. The van der Waals surface area contributed by atoms with Gasteiger partial charge in [-0.15, -0.1) is 5.10 Å². The number of anilines is 1. The molecule has 2 atom stereocenters. The molecule has 1 saturated heterocycles. The molecule has 3 rings (SSSR count). The summed E-state index contributed by atoms with van der Waals surface area (Å²) < 4.78 is 54.9. The van der Waals surface area contributed by atoms with Gasteiger partial charge in [-0.05, 0) is 42.5 Å². The third-order valence-corrected chi connectivity index (χ3v) is 7.28. The number of amides is 1. The number of nitrogens with one attached hydrogen (secondary N) is 1. The highest BCUT2D eigenvalue weighted by Crippen LogP contribution is 2.26. The van der Waals surface area contributed by atoms with Crippen LogP contribution in [0.25, 0.3) is 0 Å². The van der Waals surface area contributed by atoms with Gasteiger partial charge in [0.25, 0.3) is 5.91 Å². The maximum atomic E-state index is 12.9. The van der Waals surface area contributed by atoms with Gasteiger partial charge in [0.2, 0.25) is 15.9 Å². The molecule has 0 radical (unpaired) electrons. The van der Waals surface area contributed by atoms with Gasteiger partial charge in [0, 0.05) is 24.9 Å². The number of carbonyl (C=O) groups excluding carboxylic acids is 1. The highest BCUT2D eigenvalue weighted by atomic mass is 32.2. The lowest BCUT2D eigenvalue weighted by molar-refractivity contribution is 0.102. The molecule has 1 aromatic carbocycles. The molecule has 10 nitrogen and oxygen atoms in total. The van der Waals surface area contributed by atoms with Gasteiger partial charge in [0.05, 0.1) is 4.90 Å². The highest BCUT2D eigenvalue weighted by Gasteiger charge is 2.31. The number of hydrogen-bond donors (Lipinski definition) is 1. The second-order valence-electron chi connectivity index (χ2n) is 7.82. The lowest BCUT2D eigenvalue weighted by Crippen LogP contribution is -2.42. The van der Waals surface area contributed by atoms with Crippen LogP contribution < -0.4 is 5.32 Å². The minimum Gasteiger partial charge on any atom is -0.407 e. The molecular weight excluding hydrogens is 432 g/mol. The standard InChI is InChI=1S/C18H24N4O6S2/c1-12-8-13(2)10-22(9-12)30(26,27)15-6-4-14(5-7-15)17(23)19-18-21-20-16(28-18)11-29(3,24)25/h4-7,12-13H,8-11H2,1-3H3,(H,19,21,23). The minimum atomic E-state index is -3.64. The smallest absolute Gasteiger partial charge is 0.322 e. The van der Waals surface area contributed by atoms with Gasteiger partial charge >= 0.3 is 6.01 Å². The van der Waals surface area contributed by atoms with Gasteiger partial charge in [-0.2, -0.15) is 4.31 Å². The van der Waals surface area contributed by atoms with Crippen molar-refractivity contribution in [3.8, 4) is 0 Å². The van der Waals surface area contributed by atoms with Crippen molar-refractivity contribution in [3.05, 3.63) is 35.7 Å². The summed E-state index contributed by atoms with van der Waals surface area (Å²) in [5.41, 5.74) is 0.192. The molecule has 0 bridgehead atoms. The van der Waals surface area contributed by atoms with Crippen LogP contribution in [0.5, 0.6) is 0 Å². The van der Waals surface area contributed by atoms with E-state index < -0.39 is 31.5 Å². The summed E-state index contributed by atoms with van der Waals surface area (Å²) in [5, 5.41) is 9.51. The predicted octanol–water partition coefficient (Wildman–Crippen LogP) is 1.53. The van der Waals surface area contributed by atoms with Crippen molar-refractivity contribution in [1.29, 1.82) is 0 Å². The average molecular weight is 457 g/mol. The lowest BCUT2D eigenvalue weighted by Gasteiger charge is -2.34. The number of benzene rings is 1. The summed E-state index contributed by atoms with van der Waals surface area (Å²) in [6, 6.07) is 5.32. The third-order valence-electron chi connectivity index (χ3n) is 4.66. The van der Waals surface area contributed by atoms with Crippen LogP contribution in [-0.2, 0) is 25.6 Å². The molecule has 30 heavy (non-hydrogen) atoms. The van der Waals surface area contributed by atoms with Crippen LogP contribution in [0.1, 0.15) is 36.5 Å². The van der Waals surface area contributed by atoms with E-state index in [1.807, 2.05) is 13.8 Å². The highest BCUT2D eigenvalue weighted by molar-refractivity contribution is 7.89. The molecule has 2 aromatic rings. The molecule has 1 amide bonds. The van der Waals surface area contributed by atoms with Crippen molar-refractivity contribution in [2.75, 3.05) is 24.7 Å². The first-order valence-electron chi connectivity index (χ1n) is 9.35. The second kappa shape index (κ2) is 8.44. The van der Waals surface area contributed by atoms with Crippen LogP contribution in [-0.4, -0.2) is 56.6 Å². The Labute approximate surface area is 175 Å². The monoisotopic (exact) mass is 456 g/mol. The van der Waals surface area contributed by atoms with Gasteiger partial charge < -0.3 is 4.42 Å². The van der Waals surface area contributed by atoms with E-state index in [0.29, 0.717) is 13.1 Å². The van der Waals surface area contributed by atoms with E-state index in [-0.39, 0.29) is 34.2 Å². The van der Waals surface area contributed by atoms with Crippen LogP contribution in [0.3, 0.4) is 0 Å². The number of nitrogens with zero attached hydrogens (tertiary/aromatic N) is 3. The van der Waals surface area contributed by atoms with Crippen molar-refractivity contribution in [2.24, 2.45) is 11.8 Å².